The molecule has 1 saturated heterocycles. The van der Waals surface area contributed by atoms with Gasteiger partial charge in [-0.2, -0.15) is 0 Å². The molecule has 0 spiro atoms. The van der Waals surface area contributed by atoms with E-state index in [0.717, 1.165) is 0 Å². The first-order valence-corrected chi connectivity index (χ1v) is 10.1. The molecule has 1 N–H and O–H groups in total. The van der Waals surface area contributed by atoms with E-state index in [9.17, 15) is 18.8 Å². The van der Waals surface area contributed by atoms with Gasteiger partial charge >= 0.3 is 5.97 Å². The highest BCUT2D eigenvalue weighted by atomic mass is 79.9. The number of hydrogen-bond donors (Lipinski definition) is 1. The molecule has 0 aliphatic carbocycles. The Balaban J connectivity index is 1.84. The van der Waals surface area contributed by atoms with Gasteiger partial charge in [0, 0.05) is 10.0 Å². The molecule has 156 valence electrons. The molecule has 10 heteroatoms. The highest BCUT2D eigenvalue weighted by Crippen LogP contribution is 2.38. The SMILES string of the molecule is COc1cc(/C=C2/SC(=O)N(CC(=O)O)C2=O)c(Br)cc1OCc1ccccc1F. The van der Waals surface area contributed by atoms with E-state index >= 15 is 0 Å². The van der Waals surface area contributed by atoms with Gasteiger partial charge in [-0.15, -0.1) is 0 Å². The molecular formula is C20H15BrFNO6S. The van der Waals surface area contributed by atoms with Crippen molar-refractivity contribution in [2.45, 2.75) is 6.61 Å². The summed E-state index contributed by atoms with van der Waals surface area (Å²) in [4.78, 5) is 35.8. The quantitative estimate of drug-likeness (QED) is 0.572. The minimum atomic E-state index is -1.28. The predicted molar refractivity (Wildman–Crippen MR) is 112 cm³/mol. The summed E-state index contributed by atoms with van der Waals surface area (Å²) < 4.78 is 25.3. The maximum absolute atomic E-state index is 13.8. The number of methoxy groups -OCH3 is 1. The van der Waals surface area contributed by atoms with Crippen LogP contribution in [0.2, 0.25) is 0 Å². The Hall–Kier alpha value is -2.85. The zero-order valence-electron chi connectivity index (χ0n) is 15.6. The monoisotopic (exact) mass is 495 g/mol. The van der Waals surface area contributed by atoms with E-state index in [2.05, 4.69) is 15.9 Å². The second kappa shape index (κ2) is 9.31. The first kappa shape index (κ1) is 21.8. The van der Waals surface area contributed by atoms with Gasteiger partial charge in [0.05, 0.1) is 12.0 Å². The van der Waals surface area contributed by atoms with Crippen LogP contribution in [0.4, 0.5) is 9.18 Å². The molecule has 0 bridgehead atoms. The topological polar surface area (TPSA) is 93.1 Å². The van der Waals surface area contributed by atoms with E-state index < -0.39 is 23.7 Å². The number of ether oxygens (including phenoxy) is 2. The Kier molecular flexibility index (Phi) is 6.78. The number of carboxylic acid groups (broad SMARTS) is 1. The molecule has 0 aromatic heterocycles. The van der Waals surface area contributed by atoms with Crippen LogP contribution in [-0.2, 0) is 16.2 Å². The molecule has 30 heavy (non-hydrogen) atoms. The number of rotatable bonds is 7. The van der Waals surface area contributed by atoms with Crippen LogP contribution in [0.5, 0.6) is 11.5 Å². The minimum absolute atomic E-state index is 0.0110. The van der Waals surface area contributed by atoms with Crippen molar-refractivity contribution in [3.63, 3.8) is 0 Å². The van der Waals surface area contributed by atoms with Crippen molar-refractivity contribution >= 4 is 50.9 Å². The molecule has 2 aromatic rings. The lowest BCUT2D eigenvalue weighted by molar-refractivity contribution is -0.140. The number of carbonyl (C=O) groups excluding carboxylic acids is 2. The fourth-order valence-electron chi connectivity index (χ4n) is 2.62. The molecule has 2 amide bonds. The molecule has 1 heterocycles. The normalized spacial score (nSPS) is 15.0. The van der Waals surface area contributed by atoms with Gasteiger partial charge in [-0.25, -0.2) is 4.39 Å². The zero-order valence-corrected chi connectivity index (χ0v) is 18.0. The highest BCUT2D eigenvalue weighted by Gasteiger charge is 2.36. The largest absolute Gasteiger partial charge is 0.493 e. The number of benzene rings is 2. The van der Waals surface area contributed by atoms with Crippen molar-refractivity contribution < 1.29 is 33.4 Å². The summed E-state index contributed by atoms with van der Waals surface area (Å²) in [6, 6.07) is 9.43. The third-order valence-corrected chi connectivity index (χ3v) is 5.67. The van der Waals surface area contributed by atoms with Crippen molar-refractivity contribution in [2.24, 2.45) is 0 Å². The van der Waals surface area contributed by atoms with Crippen LogP contribution >= 0.6 is 27.7 Å². The van der Waals surface area contributed by atoms with Crippen LogP contribution in [0.3, 0.4) is 0 Å². The lowest BCUT2D eigenvalue weighted by Gasteiger charge is -2.13. The summed E-state index contributed by atoms with van der Waals surface area (Å²) in [7, 11) is 1.43. The van der Waals surface area contributed by atoms with Crippen LogP contribution in [0.1, 0.15) is 11.1 Å². The lowest BCUT2D eigenvalue weighted by Crippen LogP contribution is -2.33. The second-order valence-electron chi connectivity index (χ2n) is 6.07. The molecule has 3 rings (SSSR count). The van der Waals surface area contributed by atoms with Gasteiger partial charge < -0.3 is 14.6 Å². The molecule has 7 nitrogen and oxygen atoms in total. The van der Waals surface area contributed by atoms with E-state index in [4.69, 9.17) is 14.6 Å². The Labute approximate surface area is 183 Å². The number of carboxylic acids is 1. The first-order chi connectivity index (χ1) is 14.3. The van der Waals surface area contributed by atoms with Gasteiger partial charge in [0.15, 0.2) is 11.5 Å². The summed E-state index contributed by atoms with van der Waals surface area (Å²) in [5.41, 5.74) is 0.901. The van der Waals surface area contributed by atoms with E-state index in [1.165, 1.54) is 19.3 Å². The number of thioether (sulfide) groups is 1. The zero-order chi connectivity index (χ0) is 21.8. The second-order valence-corrected chi connectivity index (χ2v) is 7.91. The van der Waals surface area contributed by atoms with Crippen molar-refractivity contribution in [3.05, 3.63) is 62.7 Å². The summed E-state index contributed by atoms with van der Waals surface area (Å²) in [6.45, 7) is -0.710. The average molecular weight is 496 g/mol. The van der Waals surface area contributed by atoms with Crippen LogP contribution in [0.15, 0.2) is 45.8 Å². The maximum Gasteiger partial charge on any atom is 0.323 e. The summed E-state index contributed by atoms with van der Waals surface area (Å²) >= 11 is 4.04. The summed E-state index contributed by atoms with van der Waals surface area (Å²) in [5.74, 6) is -1.66. The fraction of sp³-hybridized carbons (Fsp3) is 0.150. The Morgan fingerprint density at radius 2 is 2.00 bits per heavy atom. The van der Waals surface area contributed by atoms with E-state index in [1.54, 1.807) is 30.3 Å². The molecule has 1 fully saturated rings. The smallest absolute Gasteiger partial charge is 0.323 e. The fourth-order valence-corrected chi connectivity index (χ4v) is 3.88. The maximum atomic E-state index is 13.8. The Morgan fingerprint density at radius 1 is 1.27 bits per heavy atom. The number of amides is 2. The lowest BCUT2D eigenvalue weighted by atomic mass is 10.1. The third-order valence-electron chi connectivity index (χ3n) is 4.08. The first-order valence-electron chi connectivity index (χ1n) is 8.51. The van der Waals surface area contributed by atoms with Gasteiger partial charge in [0.25, 0.3) is 11.1 Å². The molecule has 0 unspecified atom stereocenters. The van der Waals surface area contributed by atoms with Crippen molar-refractivity contribution in [1.29, 1.82) is 0 Å². The molecule has 0 atom stereocenters. The van der Waals surface area contributed by atoms with Gasteiger partial charge in [-0.05, 0) is 41.6 Å². The van der Waals surface area contributed by atoms with Crippen LogP contribution in [-0.4, -0.2) is 40.8 Å². The van der Waals surface area contributed by atoms with Crippen molar-refractivity contribution in [2.75, 3.05) is 13.7 Å². The number of nitrogens with zero attached hydrogens (tertiary/aromatic N) is 1. The van der Waals surface area contributed by atoms with E-state index in [1.807, 2.05) is 0 Å². The molecule has 0 saturated carbocycles. The highest BCUT2D eigenvalue weighted by molar-refractivity contribution is 9.10. The van der Waals surface area contributed by atoms with Crippen LogP contribution in [0, 0.1) is 5.82 Å². The van der Waals surface area contributed by atoms with Gasteiger partial charge in [-0.3, -0.25) is 19.3 Å². The van der Waals surface area contributed by atoms with Crippen molar-refractivity contribution in [1.82, 2.24) is 4.90 Å². The standard InChI is InChI=1S/C20H15BrFNO6S/c1-28-15-6-12(7-17-19(26)23(9-18(24)25)20(27)30-17)13(21)8-16(15)29-10-11-4-2-3-5-14(11)22/h2-8H,9-10H2,1H3,(H,24,25)/b17-7+. The van der Waals surface area contributed by atoms with E-state index in [0.29, 0.717) is 43.8 Å². The predicted octanol–water partition coefficient (Wildman–Crippen LogP) is 4.30. The molecule has 0 radical (unpaired) electrons. The summed E-state index contributed by atoms with van der Waals surface area (Å²) in [5, 5.41) is 8.19. The van der Waals surface area contributed by atoms with Gasteiger partial charge in [0.1, 0.15) is 19.0 Å². The summed E-state index contributed by atoms with van der Waals surface area (Å²) in [6.07, 6.45) is 1.46. The minimum Gasteiger partial charge on any atom is -0.493 e. The molecule has 1 aliphatic heterocycles. The number of imide groups is 1. The molecular weight excluding hydrogens is 481 g/mol. The van der Waals surface area contributed by atoms with Crippen molar-refractivity contribution in [3.8, 4) is 11.5 Å². The van der Waals surface area contributed by atoms with Gasteiger partial charge in [0.2, 0.25) is 0 Å². The Bertz CT molecular complexity index is 1060. The van der Waals surface area contributed by atoms with Crippen LogP contribution in [0.25, 0.3) is 6.08 Å². The number of aliphatic carboxylic acids is 1. The van der Waals surface area contributed by atoms with E-state index in [-0.39, 0.29) is 17.3 Å². The number of halogens is 2. The number of hydrogen-bond acceptors (Lipinski definition) is 6. The van der Waals surface area contributed by atoms with Gasteiger partial charge in [-0.1, -0.05) is 34.1 Å². The van der Waals surface area contributed by atoms with Crippen LogP contribution < -0.4 is 9.47 Å². The molecule has 1 aliphatic rings. The average Bonchev–Trinajstić information content (AvgIpc) is 2.96. The number of carbonyl (C=O) groups is 3. The third kappa shape index (κ3) is 4.82. The molecule has 2 aromatic carbocycles. The Morgan fingerprint density at radius 3 is 2.67 bits per heavy atom.